The summed E-state index contributed by atoms with van der Waals surface area (Å²) in [6.07, 6.45) is 0. The van der Waals surface area contributed by atoms with Crippen LogP contribution >= 0.6 is 0 Å². The lowest BCUT2D eigenvalue weighted by atomic mass is 10.0. The largest absolute Gasteiger partial charge is 0.505 e. The highest BCUT2D eigenvalue weighted by Gasteiger charge is 2.18. The number of carboxylic acid groups (broad SMARTS) is 1. The molecule has 4 N–H and O–H groups in total. The second kappa shape index (κ2) is 6.55. The Morgan fingerprint density at radius 1 is 0.714 bits per heavy atom. The fourth-order valence-electron chi connectivity index (χ4n) is 3.09. The van der Waals surface area contributed by atoms with Gasteiger partial charge in [-0.1, -0.05) is 48.5 Å². The van der Waals surface area contributed by atoms with Gasteiger partial charge in [0.25, 0.3) is 0 Å². The van der Waals surface area contributed by atoms with Gasteiger partial charge in [0.15, 0.2) is 17.2 Å². The van der Waals surface area contributed by atoms with Crippen molar-refractivity contribution in [3.05, 3.63) is 66.2 Å². The summed E-state index contributed by atoms with van der Waals surface area (Å²) in [5.41, 5.74) is -0.334. The van der Waals surface area contributed by atoms with Crippen LogP contribution in [0, 0.1) is 0 Å². The SMILES string of the molecule is O=C(O)c1cc2ccccc2c(N=Nc2c(O)c(O)cc3ccccc23)c1O. The van der Waals surface area contributed by atoms with E-state index in [4.69, 9.17) is 0 Å². The maximum atomic E-state index is 11.5. The number of carbonyl (C=O) groups is 1. The minimum absolute atomic E-state index is 0.0137. The number of nitrogens with zero attached hydrogens (tertiary/aromatic N) is 2. The van der Waals surface area contributed by atoms with Crippen LogP contribution < -0.4 is 0 Å². The Kier molecular flexibility index (Phi) is 4.04. The molecule has 0 amide bonds. The molecule has 0 heterocycles. The average Bonchev–Trinajstić information content (AvgIpc) is 2.69. The van der Waals surface area contributed by atoms with Gasteiger partial charge in [-0.05, 0) is 22.9 Å². The summed E-state index contributed by atoms with van der Waals surface area (Å²) in [6.45, 7) is 0. The Morgan fingerprint density at radius 2 is 1.21 bits per heavy atom. The van der Waals surface area contributed by atoms with Gasteiger partial charge >= 0.3 is 5.97 Å². The molecule has 28 heavy (non-hydrogen) atoms. The van der Waals surface area contributed by atoms with E-state index in [0.717, 1.165) is 0 Å². The highest BCUT2D eigenvalue weighted by molar-refractivity contribution is 6.04. The quantitative estimate of drug-likeness (QED) is 0.289. The Labute approximate surface area is 158 Å². The number of carboxylic acids is 1. The molecule has 4 aromatic rings. The second-order valence-electron chi connectivity index (χ2n) is 6.16. The van der Waals surface area contributed by atoms with Gasteiger partial charge in [0.2, 0.25) is 0 Å². The minimum Gasteiger partial charge on any atom is -0.505 e. The third kappa shape index (κ3) is 2.75. The van der Waals surface area contributed by atoms with Crippen LogP contribution in [-0.2, 0) is 0 Å². The summed E-state index contributed by atoms with van der Waals surface area (Å²) in [5, 5.41) is 50.3. The first-order chi connectivity index (χ1) is 13.5. The number of azo groups is 1. The molecule has 4 aromatic carbocycles. The van der Waals surface area contributed by atoms with Crippen LogP contribution in [0.4, 0.5) is 11.4 Å². The van der Waals surface area contributed by atoms with Crippen LogP contribution in [0.1, 0.15) is 10.4 Å². The predicted octanol–water partition coefficient (Wildman–Crippen LogP) is 5.22. The molecule has 0 aliphatic heterocycles. The van der Waals surface area contributed by atoms with Gasteiger partial charge in [0.1, 0.15) is 16.9 Å². The molecule has 0 saturated carbocycles. The first-order valence-electron chi connectivity index (χ1n) is 8.31. The maximum Gasteiger partial charge on any atom is 0.339 e. The zero-order chi connectivity index (χ0) is 19.8. The summed E-state index contributed by atoms with van der Waals surface area (Å²) in [5.74, 6) is -2.65. The monoisotopic (exact) mass is 374 g/mol. The number of hydrogen-bond donors (Lipinski definition) is 4. The summed E-state index contributed by atoms with van der Waals surface area (Å²) >= 11 is 0. The lowest BCUT2D eigenvalue weighted by molar-refractivity contribution is 0.0694. The molecule has 138 valence electrons. The van der Waals surface area contributed by atoms with Crippen molar-refractivity contribution in [2.24, 2.45) is 10.2 Å². The van der Waals surface area contributed by atoms with Crippen molar-refractivity contribution >= 4 is 38.9 Å². The summed E-state index contributed by atoms with van der Waals surface area (Å²) in [4.78, 5) is 11.5. The normalized spacial score (nSPS) is 11.4. The maximum absolute atomic E-state index is 11.5. The van der Waals surface area contributed by atoms with Crippen LogP contribution in [0.5, 0.6) is 17.2 Å². The molecule has 0 spiro atoms. The predicted molar refractivity (Wildman–Crippen MR) is 104 cm³/mol. The summed E-state index contributed by atoms with van der Waals surface area (Å²) in [6, 6.07) is 16.6. The van der Waals surface area contributed by atoms with E-state index in [0.29, 0.717) is 21.5 Å². The molecular formula is C21H14N2O5. The lowest BCUT2D eigenvalue weighted by Crippen LogP contribution is -1.97. The van der Waals surface area contributed by atoms with E-state index in [1.54, 1.807) is 48.5 Å². The van der Waals surface area contributed by atoms with Crippen LogP contribution in [0.3, 0.4) is 0 Å². The molecule has 0 bridgehead atoms. The van der Waals surface area contributed by atoms with Gasteiger partial charge in [-0.2, -0.15) is 0 Å². The second-order valence-corrected chi connectivity index (χ2v) is 6.16. The molecule has 0 radical (unpaired) electrons. The van der Waals surface area contributed by atoms with Gasteiger partial charge in [-0.25, -0.2) is 4.79 Å². The van der Waals surface area contributed by atoms with Gasteiger partial charge < -0.3 is 20.4 Å². The number of aromatic hydroxyl groups is 3. The lowest BCUT2D eigenvalue weighted by Gasteiger charge is -2.09. The molecule has 7 nitrogen and oxygen atoms in total. The van der Waals surface area contributed by atoms with Gasteiger partial charge in [0.05, 0.1) is 0 Å². The molecule has 0 aliphatic rings. The smallest absolute Gasteiger partial charge is 0.339 e. The number of fused-ring (bicyclic) bond motifs is 2. The number of aromatic carboxylic acids is 1. The number of phenolic OH excluding ortho intramolecular Hbond substituents is 2. The standard InChI is InChI=1S/C21H14N2O5/c24-16-10-12-6-2-4-8-14(12)18(20(16)26)23-22-17-13-7-3-1-5-11(13)9-15(19(17)25)21(27)28/h1-10,24-26H,(H,27,28). The van der Waals surface area contributed by atoms with E-state index in [-0.39, 0.29) is 22.7 Å². The molecular weight excluding hydrogens is 360 g/mol. The minimum atomic E-state index is -1.30. The highest BCUT2D eigenvalue weighted by atomic mass is 16.4. The van der Waals surface area contributed by atoms with E-state index in [2.05, 4.69) is 10.2 Å². The molecule has 0 atom stereocenters. The molecule has 0 aliphatic carbocycles. The van der Waals surface area contributed by atoms with Crippen LogP contribution in [-0.4, -0.2) is 26.4 Å². The molecule has 7 heteroatoms. The Bertz CT molecular complexity index is 1280. The third-order valence-corrected chi connectivity index (χ3v) is 4.45. The number of phenols is 3. The molecule has 0 aromatic heterocycles. The van der Waals surface area contributed by atoms with E-state index in [9.17, 15) is 25.2 Å². The van der Waals surface area contributed by atoms with Crippen molar-refractivity contribution in [1.29, 1.82) is 0 Å². The van der Waals surface area contributed by atoms with Crippen molar-refractivity contribution in [2.45, 2.75) is 0 Å². The van der Waals surface area contributed by atoms with Crippen molar-refractivity contribution in [3.63, 3.8) is 0 Å². The van der Waals surface area contributed by atoms with Gasteiger partial charge in [-0.15, -0.1) is 10.2 Å². The van der Waals surface area contributed by atoms with Crippen molar-refractivity contribution in [3.8, 4) is 17.2 Å². The summed E-state index contributed by atoms with van der Waals surface area (Å²) in [7, 11) is 0. The van der Waals surface area contributed by atoms with Crippen LogP contribution in [0.15, 0.2) is 70.9 Å². The first-order valence-corrected chi connectivity index (χ1v) is 8.31. The highest BCUT2D eigenvalue weighted by Crippen LogP contribution is 2.44. The Morgan fingerprint density at radius 3 is 1.79 bits per heavy atom. The molecule has 0 unspecified atom stereocenters. The first kappa shape index (κ1) is 17.3. The fourth-order valence-corrected chi connectivity index (χ4v) is 3.09. The fraction of sp³-hybridized carbons (Fsp3) is 0. The van der Waals surface area contributed by atoms with Crippen molar-refractivity contribution in [2.75, 3.05) is 0 Å². The van der Waals surface area contributed by atoms with Gasteiger partial charge in [-0.3, -0.25) is 0 Å². The number of rotatable bonds is 3. The van der Waals surface area contributed by atoms with E-state index >= 15 is 0 Å². The number of hydrogen-bond acceptors (Lipinski definition) is 6. The zero-order valence-corrected chi connectivity index (χ0v) is 14.4. The van der Waals surface area contributed by atoms with Crippen molar-refractivity contribution < 1.29 is 25.2 Å². The van der Waals surface area contributed by atoms with E-state index in [1.165, 1.54) is 12.1 Å². The zero-order valence-electron chi connectivity index (χ0n) is 14.4. The molecule has 0 fully saturated rings. The average molecular weight is 374 g/mol. The van der Waals surface area contributed by atoms with Gasteiger partial charge in [0, 0.05) is 10.8 Å². The number of benzene rings is 4. The van der Waals surface area contributed by atoms with Crippen LogP contribution in [0.25, 0.3) is 21.5 Å². The van der Waals surface area contributed by atoms with E-state index in [1.807, 2.05) is 0 Å². The van der Waals surface area contributed by atoms with Crippen molar-refractivity contribution in [1.82, 2.24) is 0 Å². The summed E-state index contributed by atoms with van der Waals surface area (Å²) < 4.78 is 0. The Balaban J connectivity index is 1.98. The van der Waals surface area contributed by atoms with E-state index < -0.39 is 17.5 Å². The topological polar surface area (TPSA) is 123 Å². The van der Waals surface area contributed by atoms with Crippen LogP contribution in [0.2, 0.25) is 0 Å². The Hall–Kier alpha value is -4.13. The third-order valence-electron chi connectivity index (χ3n) is 4.45. The molecule has 0 saturated heterocycles. The molecule has 4 rings (SSSR count).